The lowest BCUT2D eigenvalue weighted by molar-refractivity contribution is -0.120. The molecule has 2 aromatic rings. The molecule has 1 aromatic heterocycles. The minimum Gasteiger partial charge on any atom is -0.326 e. The van der Waals surface area contributed by atoms with E-state index in [4.69, 9.17) is 0 Å². The van der Waals surface area contributed by atoms with Gasteiger partial charge < -0.3 is 15.2 Å². The molecule has 1 aliphatic heterocycles. The number of nitrogens with one attached hydrogen (secondary N) is 2. The van der Waals surface area contributed by atoms with Gasteiger partial charge in [0.15, 0.2) is 0 Å². The number of nitrogens with zero attached hydrogens (tertiary/aromatic N) is 2. The molecule has 1 saturated heterocycles. The van der Waals surface area contributed by atoms with Gasteiger partial charge in [-0.05, 0) is 37.6 Å². The van der Waals surface area contributed by atoms with Crippen molar-refractivity contribution in [1.82, 2.24) is 14.9 Å². The third-order valence-corrected chi connectivity index (χ3v) is 3.67. The lowest BCUT2D eigenvalue weighted by Crippen LogP contribution is -2.37. The van der Waals surface area contributed by atoms with Crippen LogP contribution < -0.4 is 10.6 Å². The molecule has 2 N–H and O–H groups in total. The van der Waals surface area contributed by atoms with Crippen LogP contribution in [0.5, 0.6) is 0 Å². The Balaban J connectivity index is 0.00000132. The number of carbonyl (C=O) groups is 1. The summed E-state index contributed by atoms with van der Waals surface area (Å²) in [5.41, 5.74) is 0.886. The molecule has 1 unspecified atom stereocenters. The molecule has 23 heavy (non-hydrogen) atoms. The van der Waals surface area contributed by atoms with Gasteiger partial charge in [0, 0.05) is 24.6 Å². The highest BCUT2D eigenvalue weighted by Crippen LogP contribution is 2.19. The van der Waals surface area contributed by atoms with Gasteiger partial charge in [-0.15, -0.1) is 24.8 Å². The Morgan fingerprint density at radius 2 is 2.22 bits per heavy atom. The summed E-state index contributed by atoms with van der Waals surface area (Å²) in [4.78, 5) is 16.0. The highest BCUT2D eigenvalue weighted by Gasteiger charge is 2.21. The van der Waals surface area contributed by atoms with Crippen LogP contribution >= 0.6 is 24.8 Å². The third-order valence-electron chi connectivity index (χ3n) is 3.67. The average molecular weight is 361 g/mol. The summed E-state index contributed by atoms with van der Waals surface area (Å²) in [6.07, 6.45) is 6.65. The minimum absolute atomic E-state index is 0. The van der Waals surface area contributed by atoms with Gasteiger partial charge in [0.25, 0.3) is 0 Å². The summed E-state index contributed by atoms with van der Waals surface area (Å²) < 4.78 is 15.7. The van der Waals surface area contributed by atoms with E-state index in [9.17, 15) is 9.18 Å². The molecule has 126 valence electrons. The predicted molar refractivity (Wildman–Crippen MR) is 92.2 cm³/mol. The van der Waals surface area contributed by atoms with Gasteiger partial charge in [-0.1, -0.05) is 0 Å². The number of benzene rings is 1. The van der Waals surface area contributed by atoms with Crippen molar-refractivity contribution >= 4 is 36.4 Å². The molecule has 1 fully saturated rings. The van der Waals surface area contributed by atoms with Crippen molar-refractivity contribution < 1.29 is 9.18 Å². The molecule has 5 nitrogen and oxygen atoms in total. The van der Waals surface area contributed by atoms with Gasteiger partial charge in [-0.2, -0.15) is 0 Å². The normalized spacial score (nSPS) is 16.8. The van der Waals surface area contributed by atoms with Crippen LogP contribution in [0.1, 0.15) is 12.8 Å². The van der Waals surface area contributed by atoms with E-state index in [0.717, 1.165) is 19.4 Å². The van der Waals surface area contributed by atoms with E-state index < -0.39 is 5.82 Å². The van der Waals surface area contributed by atoms with Gasteiger partial charge in [-0.25, -0.2) is 9.37 Å². The van der Waals surface area contributed by atoms with E-state index in [1.807, 2.05) is 0 Å². The molecule has 1 aliphatic rings. The molecule has 1 amide bonds. The molecular formula is C15H19Cl2FN4O. The van der Waals surface area contributed by atoms with E-state index in [1.165, 1.54) is 12.4 Å². The van der Waals surface area contributed by atoms with Crippen molar-refractivity contribution in [2.45, 2.75) is 12.8 Å². The number of imidazole rings is 1. The second kappa shape index (κ2) is 8.86. The van der Waals surface area contributed by atoms with Crippen LogP contribution in [-0.2, 0) is 4.79 Å². The van der Waals surface area contributed by atoms with Gasteiger partial charge in [-0.3, -0.25) is 4.79 Å². The lowest BCUT2D eigenvalue weighted by atomic mass is 9.99. The molecule has 1 atom stereocenters. The number of hydrogen-bond donors (Lipinski definition) is 2. The van der Waals surface area contributed by atoms with Gasteiger partial charge in [0.05, 0.1) is 17.9 Å². The maximum absolute atomic E-state index is 14.1. The predicted octanol–water partition coefficient (Wildman–Crippen LogP) is 2.79. The highest BCUT2D eigenvalue weighted by atomic mass is 35.5. The number of hydrogen-bond acceptors (Lipinski definition) is 3. The Kier molecular flexibility index (Phi) is 7.48. The molecule has 0 saturated carbocycles. The van der Waals surface area contributed by atoms with E-state index in [1.54, 1.807) is 29.1 Å². The lowest BCUT2D eigenvalue weighted by Gasteiger charge is -2.22. The highest BCUT2D eigenvalue weighted by molar-refractivity contribution is 5.92. The van der Waals surface area contributed by atoms with Crippen molar-refractivity contribution in [3.8, 4) is 5.69 Å². The third kappa shape index (κ3) is 4.67. The number of rotatable bonds is 3. The van der Waals surface area contributed by atoms with Crippen LogP contribution in [0.2, 0.25) is 0 Å². The van der Waals surface area contributed by atoms with Crippen LogP contribution in [0.15, 0.2) is 36.9 Å². The summed E-state index contributed by atoms with van der Waals surface area (Å²) in [5.74, 6) is -0.500. The van der Waals surface area contributed by atoms with Gasteiger partial charge >= 0.3 is 0 Å². The molecular weight excluding hydrogens is 342 g/mol. The van der Waals surface area contributed by atoms with Gasteiger partial charge in [0.2, 0.25) is 5.91 Å². The fourth-order valence-corrected chi connectivity index (χ4v) is 2.52. The fourth-order valence-electron chi connectivity index (χ4n) is 2.52. The summed E-state index contributed by atoms with van der Waals surface area (Å²) in [6, 6.07) is 4.67. The van der Waals surface area contributed by atoms with E-state index >= 15 is 0 Å². The average Bonchev–Trinajstić information content (AvgIpc) is 3.02. The molecule has 3 rings (SSSR count). The summed E-state index contributed by atoms with van der Waals surface area (Å²) >= 11 is 0. The van der Waals surface area contributed by atoms with Crippen LogP contribution in [0.25, 0.3) is 5.69 Å². The second-order valence-corrected chi connectivity index (χ2v) is 5.17. The molecule has 0 spiro atoms. The zero-order chi connectivity index (χ0) is 14.7. The second-order valence-electron chi connectivity index (χ2n) is 5.17. The van der Waals surface area contributed by atoms with Crippen LogP contribution in [0, 0.1) is 11.7 Å². The summed E-state index contributed by atoms with van der Waals surface area (Å²) in [6.45, 7) is 1.64. The van der Waals surface area contributed by atoms with Crippen molar-refractivity contribution in [2.24, 2.45) is 5.92 Å². The van der Waals surface area contributed by atoms with Crippen molar-refractivity contribution in [3.63, 3.8) is 0 Å². The first-order valence-corrected chi connectivity index (χ1v) is 7.03. The smallest absolute Gasteiger partial charge is 0.228 e. The Morgan fingerprint density at radius 1 is 1.39 bits per heavy atom. The Labute approximate surface area is 146 Å². The first-order valence-electron chi connectivity index (χ1n) is 7.03. The zero-order valence-corrected chi connectivity index (χ0v) is 14.0. The molecule has 8 heteroatoms. The Bertz CT molecular complexity index is 630. The maximum atomic E-state index is 14.1. The van der Waals surface area contributed by atoms with E-state index in [2.05, 4.69) is 15.6 Å². The number of piperidine rings is 1. The van der Waals surface area contributed by atoms with Crippen LogP contribution in [0.3, 0.4) is 0 Å². The minimum atomic E-state index is -0.396. The molecule has 0 aliphatic carbocycles. The van der Waals surface area contributed by atoms with Crippen LogP contribution in [-0.4, -0.2) is 28.5 Å². The Hall–Kier alpha value is -1.63. The van der Waals surface area contributed by atoms with Gasteiger partial charge in [0.1, 0.15) is 5.82 Å². The maximum Gasteiger partial charge on any atom is 0.228 e. The van der Waals surface area contributed by atoms with E-state index in [0.29, 0.717) is 17.9 Å². The Morgan fingerprint density at radius 3 is 2.83 bits per heavy atom. The van der Waals surface area contributed by atoms with Crippen molar-refractivity contribution in [3.05, 3.63) is 42.7 Å². The monoisotopic (exact) mass is 360 g/mol. The van der Waals surface area contributed by atoms with Crippen LogP contribution in [0.4, 0.5) is 10.1 Å². The summed E-state index contributed by atoms with van der Waals surface area (Å²) in [5, 5.41) is 5.98. The molecule has 0 bridgehead atoms. The number of halogens is 3. The number of amides is 1. The first-order chi connectivity index (χ1) is 10.2. The SMILES string of the molecule is Cl.Cl.O=C(Nc1ccc(-n2ccnc2)c(F)c1)C1CCCNC1. The number of aromatic nitrogens is 2. The quantitative estimate of drug-likeness (QED) is 0.884. The topological polar surface area (TPSA) is 59.0 Å². The molecule has 2 heterocycles. The molecule has 1 aromatic carbocycles. The van der Waals surface area contributed by atoms with E-state index in [-0.39, 0.29) is 36.6 Å². The first kappa shape index (κ1) is 19.4. The number of carbonyl (C=O) groups excluding carboxylic acids is 1. The summed E-state index contributed by atoms with van der Waals surface area (Å²) in [7, 11) is 0. The van der Waals surface area contributed by atoms with Crippen molar-refractivity contribution in [1.29, 1.82) is 0 Å². The largest absolute Gasteiger partial charge is 0.326 e. The van der Waals surface area contributed by atoms with Crippen molar-refractivity contribution in [2.75, 3.05) is 18.4 Å². The zero-order valence-electron chi connectivity index (χ0n) is 12.4. The fraction of sp³-hybridized carbons (Fsp3) is 0.333. The molecule has 0 radical (unpaired) electrons. The standard InChI is InChI=1S/C15H17FN4O.2ClH/c16-13-8-12(3-4-14(13)20-7-6-18-10-20)19-15(21)11-2-1-5-17-9-11;;/h3-4,6-8,10-11,17H,1-2,5,9H2,(H,19,21);2*1H. The number of anilines is 1.